The van der Waals surface area contributed by atoms with Gasteiger partial charge in [0.1, 0.15) is 18.4 Å². The molecule has 19 N–H and O–H groups in total. The standard InChI is InChI=1S/C7H16N2O.C6H14N4O2.C5H13NO2.C5H14NO.C4H11NO.C3H9N.CH4/c1-6(10)7(9)4-2-3-5-8;7-4(5(11)12)2-1-3-10-6(8)9;1-2-5(6,3-7)4-8;1-6(2,3)4-5-7;1-5(2)3-4-6;1-2-3-4;/h7H,2-5,8-9H2,1H3;4H,1-3,7H2,(H,11,12)(H4,8,9,10);7-8H,2-4,6H2,1H3;7H,4-5H2,1-3H3;6H,3-4H2,1-2H3;2-4H2,1H3;1H4/q;;;+1;;;/t7-;4-;;;;;/m00...../s1. The van der Waals surface area contributed by atoms with Crippen LogP contribution in [0, 0.1) is 0 Å². The summed E-state index contributed by atoms with van der Waals surface area (Å²) in [4.78, 5) is 26.4. The number of likely N-dealkylation sites (N-methyl/N-ethyl adjacent to an activating group) is 2. The maximum Gasteiger partial charge on any atom is 0.320 e. The van der Waals surface area contributed by atoms with Crippen molar-refractivity contribution in [3.63, 3.8) is 0 Å². The first-order valence-electron chi connectivity index (χ1n) is 16.0. The maximum atomic E-state index is 10.6. The molecule has 0 aromatic carbocycles. The van der Waals surface area contributed by atoms with E-state index >= 15 is 0 Å². The summed E-state index contributed by atoms with van der Waals surface area (Å²) in [5.74, 6) is -0.921. The second-order valence-corrected chi connectivity index (χ2v) is 12.0. The van der Waals surface area contributed by atoms with Gasteiger partial charge in [0.2, 0.25) is 0 Å². The van der Waals surface area contributed by atoms with Crippen LogP contribution in [0.4, 0.5) is 0 Å². The molecule has 0 aliphatic heterocycles. The molecule has 0 aromatic heterocycles. The molecule has 0 aliphatic carbocycles. The van der Waals surface area contributed by atoms with Gasteiger partial charge in [0.25, 0.3) is 0 Å². The number of rotatable bonds is 18. The van der Waals surface area contributed by atoms with E-state index in [0.717, 1.165) is 49.8 Å². The van der Waals surface area contributed by atoms with E-state index in [1.54, 1.807) is 0 Å². The van der Waals surface area contributed by atoms with Crippen LogP contribution in [0.2, 0.25) is 0 Å². The van der Waals surface area contributed by atoms with E-state index in [2.05, 4.69) is 33.1 Å². The molecule has 17 nitrogen and oxygen atoms in total. The van der Waals surface area contributed by atoms with Crippen molar-refractivity contribution in [1.29, 1.82) is 0 Å². The number of unbranched alkanes of at least 4 members (excludes halogenated alkanes) is 1. The number of hydrogen-bond acceptors (Lipinski definition) is 13. The Labute approximate surface area is 292 Å². The fourth-order valence-corrected chi connectivity index (χ4v) is 2.13. The lowest BCUT2D eigenvalue weighted by atomic mass is 10.0. The van der Waals surface area contributed by atoms with E-state index in [9.17, 15) is 9.59 Å². The van der Waals surface area contributed by atoms with Gasteiger partial charge in [0.15, 0.2) is 5.96 Å². The molecule has 0 heterocycles. The highest BCUT2D eigenvalue weighted by atomic mass is 16.4. The summed E-state index contributed by atoms with van der Waals surface area (Å²) in [7, 11) is 10.0. The van der Waals surface area contributed by atoms with Crippen LogP contribution in [0.5, 0.6) is 0 Å². The van der Waals surface area contributed by atoms with E-state index in [1.165, 1.54) is 6.92 Å². The molecule has 0 saturated carbocycles. The largest absolute Gasteiger partial charge is 0.480 e. The Morgan fingerprint density at radius 1 is 0.854 bits per heavy atom. The quantitative estimate of drug-likeness (QED) is 0.0311. The summed E-state index contributed by atoms with van der Waals surface area (Å²) in [6.45, 7) is 9.16. The minimum atomic E-state index is -1.00. The number of nitrogens with two attached hydrogens (primary N) is 7. The number of Topliss-reactive ketones (excluding diaryl/α,β-unsaturated/α-hetero) is 1. The molecule has 0 bridgehead atoms. The fraction of sp³-hybridized carbons (Fsp3) is 0.903. The Kier molecular flexibility index (Phi) is 54.8. The predicted octanol–water partition coefficient (Wildman–Crippen LogP) is -2.22. The molecular weight excluding hydrogens is 624 g/mol. The second kappa shape index (κ2) is 43.0. The van der Waals surface area contributed by atoms with Crippen LogP contribution in [-0.2, 0) is 9.59 Å². The van der Waals surface area contributed by atoms with Crippen LogP contribution in [0.1, 0.15) is 73.1 Å². The Balaban J connectivity index is -0.0000000862. The number of aliphatic carboxylic acids is 1. The van der Waals surface area contributed by atoms with Crippen molar-refractivity contribution < 1.29 is 39.6 Å². The first kappa shape index (κ1) is 61.2. The molecule has 0 aliphatic rings. The third-order valence-corrected chi connectivity index (χ3v) is 5.72. The minimum absolute atomic E-state index is 0. The molecule has 0 fully saturated rings. The normalized spacial score (nSPS) is 11.4. The first-order valence-corrected chi connectivity index (χ1v) is 16.0. The number of hydrogen-bond donors (Lipinski definition) is 12. The van der Waals surface area contributed by atoms with Crippen molar-refractivity contribution in [2.75, 3.05) is 94.4 Å². The Bertz CT molecular complexity index is 681. The van der Waals surface area contributed by atoms with Gasteiger partial charge < -0.3 is 75.1 Å². The summed E-state index contributed by atoms with van der Waals surface area (Å²) >= 11 is 0. The Hall–Kier alpha value is -2.03. The predicted molar refractivity (Wildman–Crippen MR) is 200 cm³/mol. The van der Waals surface area contributed by atoms with Crippen molar-refractivity contribution in [3.8, 4) is 0 Å². The molecule has 17 heteroatoms. The van der Waals surface area contributed by atoms with Gasteiger partial charge in [-0.1, -0.05) is 27.7 Å². The van der Waals surface area contributed by atoms with E-state index < -0.39 is 17.6 Å². The smallest absolute Gasteiger partial charge is 0.320 e. The van der Waals surface area contributed by atoms with Gasteiger partial charge in [0.05, 0.1) is 59.2 Å². The number of nitrogens with zero attached hydrogens (tertiary/aromatic N) is 3. The van der Waals surface area contributed by atoms with Gasteiger partial charge in [-0.3, -0.25) is 14.6 Å². The van der Waals surface area contributed by atoms with Crippen molar-refractivity contribution in [2.45, 2.75) is 90.8 Å². The SMILES string of the molecule is C.CC(=O)[C@@H](N)CCCCN.CCC(N)(CO)CO.CCCN.CN(C)CCO.C[N+](C)(C)CCO.NC(N)=NCCC[C@H](N)C(=O)O. The number of aliphatic hydroxyl groups excluding tert-OH is 4. The van der Waals surface area contributed by atoms with Crippen molar-refractivity contribution in [2.24, 2.45) is 45.1 Å². The van der Waals surface area contributed by atoms with E-state index in [1.807, 2.05) is 25.9 Å². The van der Waals surface area contributed by atoms with Crippen LogP contribution in [-0.4, -0.2) is 165 Å². The molecule has 0 spiro atoms. The zero-order valence-electron chi connectivity index (χ0n) is 30.9. The molecule has 48 heavy (non-hydrogen) atoms. The monoisotopic (exact) mass is 706 g/mol. The topological polar surface area (TPSA) is 333 Å². The molecule has 0 unspecified atom stereocenters. The number of guanidine groups is 1. The van der Waals surface area contributed by atoms with E-state index in [-0.39, 0.29) is 51.6 Å². The molecule has 0 saturated heterocycles. The number of carboxylic acids is 1. The van der Waals surface area contributed by atoms with E-state index in [4.69, 9.17) is 65.7 Å². The summed E-state index contributed by atoms with van der Waals surface area (Å²) in [5.41, 5.74) is 35.7. The number of carbonyl (C=O) groups is 2. The van der Waals surface area contributed by atoms with Crippen LogP contribution < -0.4 is 40.1 Å². The number of ketones is 1. The maximum absolute atomic E-state index is 10.6. The Morgan fingerprint density at radius 2 is 1.31 bits per heavy atom. The summed E-state index contributed by atoms with van der Waals surface area (Å²) in [6.07, 6.45) is 5.34. The van der Waals surface area contributed by atoms with Crippen molar-refractivity contribution >= 4 is 17.7 Å². The fourth-order valence-electron chi connectivity index (χ4n) is 2.13. The minimum Gasteiger partial charge on any atom is -0.480 e. The number of carboxylic acid groups (broad SMARTS) is 1. The average molecular weight is 706 g/mol. The van der Waals surface area contributed by atoms with Crippen molar-refractivity contribution in [3.05, 3.63) is 0 Å². The lowest BCUT2D eigenvalue weighted by Gasteiger charge is -2.21. The summed E-state index contributed by atoms with van der Waals surface area (Å²) in [5, 5.41) is 42.0. The van der Waals surface area contributed by atoms with Gasteiger partial charge in [0, 0.05) is 13.1 Å². The second-order valence-electron chi connectivity index (χ2n) is 12.0. The van der Waals surface area contributed by atoms with Gasteiger partial charge in [-0.05, 0) is 72.6 Å². The average Bonchev–Trinajstić information content (AvgIpc) is 2.99. The van der Waals surface area contributed by atoms with Crippen molar-refractivity contribution in [1.82, 2.24) is 4.90 Å². The number of aliphatic hydroxyl groups is 4. The summed E-state index contributed by atoms with van der Waals surface area (Å²) in [6, 6.07) is -1.09. The van der Waals surface area contributed by atoms with E-state index in [0.29, 0.717) is 32.4 Å². The molecular formula is C31H81N10O7+. The lowest BCUT2D eigenvalue weighted by Crippen LogP contribution is -2.46. The van der Waals surface area contributed by atoms with Gasteiger partial charge >= 0.3 is 5.97 Å². The first-order chi connectivity index (χ1) is 21.6. The van der Waals surface area contributed by atoms with Crippen LogP contribution in [0.25, 0.3) is 0 Å². The highest BCUT2D eigenvalue weighted by molar-refractivity contribution is 5.81. The zero-order valence-corrected chi connectivity index (χ0v) is 30.9. The highest BCUT2D eigenvalue weighted by Crippen LogP contribution is 2.01. The van der Waals surface area contributed by atoms with Crippen LogP contribution in [0.15, 0.2) is 4.99 Å². The zero-order chi connectivity index (χ0) is 38.5. The van der Waals surface area contributed by atoms with Crippen LogP contribution in [0.3, 0.4) is 0 Å². The van der Waals surface area contributed by atoms with Gasteiger partial charge in [-0.25, -0.2) is 0 Å². The molecule has 0 amide bonds. The third kappa shape index (κ3) is 66.4. The Morgan fingerprint density at radius 3 is 1.50 bits per heavy atom. The summed E-state index contributed by atoms with van der Waals surface area (Å²) < 4.78 is 0.844. The lowest BCUT2D eigenvalue weighted by molar-refractivity contribution is -0.870. The highest BCUT2D eigenvalue weighted by Gasteiger charge is 2.19. The van der Waals surface area contributed by atoms with Crippen LogP contribution >= 0.6 is 0 Å². The number of aliphatic imine (C=N–C) groups is 1. The van der Waals surface area contributed by atoms with Gasteiger partial charge in [-0.15, -0.1) is 0 Å². The number of carbonyl (C=O) groups excluding carboxylic acids is 1. The molecule has 0 aromatic rings. The molecule has 2 atom stereocenters. The number of quaternary nitrogens is 1. The van der Waals surface area contributed by atoms with Gasteiger partial charge in [-0.2, -0.15) is 0 Å². The molecule has 0 rings (SSSR count). The molecule has 296 valence electrons. The third-order valence-electron chi connectivity index (χ3n) is 5.72. The molecule has 0 radical (unpaired) electrons.